The topological polar surface area (TPSA) is 38.3 Å². The highest BCUT2D eigenvalue weighted by Gasteiger charge is 2.06. The number of thioether (sulfide) groups is 1. The van der Waals surface area contributed by atoms with E-state index in [1.165, 1.54) is 10.5 Å². The molecule has 0 spiro atoms. The van der Waals surface area contributed by atoms with Crippen LogP contribution in [0.25, 0.3) is 0 Å². The maximum Gasteiger partial charge on any atom is 0.305 e. The molecule has 1 aromatic rings. The summed E-state index contributed by atoms with van der Waals surface area (Å²) >= 11 is 1.74. The van der Waals surface area contributed by atoms with E-state index in [4.69, 9.17) is 4.74 Å². The van der Waals surface area contributed by atoms with Gasteiger partial charge in [0.2, 0.25) is 0 Å². The van der Waals surface area contributed by atoms with Gasteiger partial charge in [0.25, 0.3) is 0 Å². The molecular formula is C14H21NO2S. The highest BCUT2D eigenvalue weighted by atomic mass is 32.2. The number of hydrogen-bond donors (Lipinski definition) is 1. The fraction of sp³-hybridized carbons (Fsp3) is 0.500. The minimum Gasteiger partial charge on any atom is -0.461 e. The lowest BCUT2D eigenvalue weighted by Crippen LogP contribution is -2.28. The van der Waals surface area contributed by atoms with E-state index >= 15 is 0 Å². The van der Waals surface area contributed by atoms with Gasteiger partial charge in [-0.3, -0.25) is 4.79 Å². The quantitative estimate of drug-likeness (QED) is 0.609. The molecular weight excluding hydrogens is 246 g/mol. The van der Waals surface area contributed by atoms with Crippen LogP contribution in [0, 0.1) is 0 Å². The molecule has 0 aromatic heterocycles. The lowest BCUT2D eigenvalue weighted by atomic mass is 10.2. The van der Waals surface area contributed by atoms with Gasteiger partial charge in [-0.25, -0.2) is 0 Å². The van der Waals surface area contributed by atoms with Crippen LogP contribution in [0.2, 0.25) is 0 Å². The minimum absolute atomic E-state index is 0.0806. The molecule has 18 heavy (non-hydrogen) atoms. The maximum atomic E-state index is 11.1. The molecule has 3 nitrogen and oxygen atoms in total. The molecule has 0 aliphatic rings. The number of benzene rings is 1. The first kappa shape index (κ1) is 15.1. The van der Waals surface area contributed by atoms with E-state index in [2.05, 4.69) is 35.8 Å². The average molecular weight is 267 g/mol. The molecule has 100 valence electrons. The van der Waals surface area contributed by atoms with Crippen LogP contribution >= 0.6 is 11.8 Å². The van der Waals surface area contributed by atoms with Gasteiger partial charge in [-0.1, -0.05) is 19.1 Å². The van der Waals surface area contributed by atoms with E-state index < -0.39 is 0 Å². The molecule has 1 N–H and O–H groups in total. The van der Waals surface area contributed by atoms with Gasteiger partial charge in [0, 0.05) is 24.4 Å². The summed E-state index contributed by atoms with van der Waals surface area (Å²) in [5.41, 5.74) is 1.24. The molecule has 1 atom stereocenters. The molecule has 0 saturated heterocycles. The molecule has 1 aromatic carbocycles. The first-order chi connectivity index (χ1) is 8.65. The van der Waals surface area contributed by atoms with E-state index in [1.807, 2.05) is 6.92 Å². The highest BCUT2D eigenvalue weighted by Crippen LogP contribution is 2.14. The molecule has 0 fully saturated rings. The van der Waals surface area contributed by atoms with Gasteiger partial charge in [0.15, 0.2) is 0 Å². The minimum atomic E-state index is -0.145. The summed E-state index contributed by atoms with van der Waals surface area (Å²) in [6, 6.07) is 8.45. The van der Waals surface area contributed by atoms with E-state index in [9.17, 15) is 4.79 Å². The van der Waals surface area contributed by atoms with Crippen molar-refractivity contribution in [2.45, 2.75) is 37.8 Å². The standard InChI is InChI=1S/C14H21NO2S/c1-4-14(16)17-11(2)9-15-10-12-5-7-13(18-3)8-6-12/h5-8,11,15H,4,9-10H2,1-3H3. The largest absolute Gasteiger partial charge is 0.461 e. The Hall–Kier alpha value is -1.00. The van der Waals surface area contributed by atoms with E-state index in [1.54, 1.807) is 18.7 Å². The molecule has 0 heterocycles. The van der Waals surface area contributed by atoms with Crippen molar-refractivity contribution >= 4 is 17.7 Å². The van der Waals surface area contributed by atoms with Crippen molar-refractivity contribution < 1.29 is 9.53 Å². The van der Waals surface area contributed by atoms with Crippen LogP contribution in [-0.4, -0.2) is 24.9 Å². The van der Waals surface area contributed by atoms with Gasteiger partial charge in [0.1, 0.15) is 6.10 Å². The Labute approximate surface area is 113 Å². The molecule has 0 amide bonds. The van der Waals surface area contributed by atoms with Crippen LogP contribution in [0.1, 0.15) is 25.8 Å². The Morgan fingerprint density at radius 2 is 2.06 bits per heavy atom. The molecule has 0 saturated carbocycles. The summed E-state index contributed by atoms with van der Waals surface area (Å²) in [6.07, 6.45) is 2.42. The Bertz CT molecular complexity index is 365. The number of rotatable bonds is 7. The van der Waals surface area contributed by atoms with Crippen LogP contribution in [0.15, 0.2) is 29.2 Å². The second-order valence-corrected chi connectivity index (χ2v) is 5.01. The first-order valence-electron chi connectivity index (χ1n) is 6.18. The van der Waals surface area contributed by atoms with E-state index in [-0.39, 0.29) is 12.1 Å². The van der Waals surface area contributed by atoms with E-state index in [0.29, 0.717) is 13.0 Å². The Morgan fingerprint density at radius 3 is 2.61 bits per heavy atom. The van der Waals surface area contributed by atoms with Gasteiger partial charge in [-0.05, 0) is 30.9 Å². The zero-order valence-corrected chi connectivity index (χ0v) is 12.0. The summed E-state index contributed by atoms with van der Waals surface area (Å²) < 4.78 is 5.17. The van der Waals surface area contributed by atoms with Gasteiger partial charge >= 0.3 is 5.97 Å². The fourth-order valence-electron chi connectivity index (χ4n) is 1.51. The summed E-state index contributed by atoms with van der Waals surface area (Å²) in [6.45, 7) is 5.17. The number of carbonyl (C=O) groups is 1. The summed E-state index contributed by atoms with van der Waals surface area (Å²) in [5.74, 6) is -0.145. The maximum absolute atomic E-state index is 11.1. The molecule has 0 aliphatic heterocycles. The van der Waals surface area contributed by atoms with Crippen LogP contribution < -0.4 is 5.32 Å². The smallest absolute Gasteiger partial charge is 0.305 e. The third-order valence-electron chi connectivity index (χ3n) is 2.54. The van der Waals surface area contributed by atoms with Crippen molar-refractivity contribution in [3.63, 3.8) is 0 Å². The van der Waals surface area contributed by atoms with Gasteiger partial charge < -0.3 is 10.1 Å². The van der Waals surface area contributed by atoms with Gasteiger partial charge in [0.05, 0.1) is 0 Å². The number of nitrogens with one attached hydrogen (secondary N) is 1. The van der Waals surface area contributed by atoms with Crippen molar-refractivity contribution in [2.75, 3.05) is 12.8 Å². The summed E-state index contributed by atoms with van der Waals surface area (Å²) in [7, 11) is 0. The van der Waals surface area contributed by atoms with Crippen molar-refractivity contribution in [1.82, 2.24) is 5.32 Å². The second kappa shape index (κ2) is 8.16. The molecule has 0 radical (unpaired) electrons. The first-order valence-corrected chi connectivity index (χ1v) is 7.41. The second-order valence-electron chi connectivity index (χ2n) is 4.13. The molecule has 0 bridgehead atoms. The van der Waals surface area contributed by atoms with Crippen LogP contribution in [0.5, 0.6) is 0 Å². The van der Waals surface area contributed by atoms with Crippen molar-refractivity contribution in [3.8, 4) is 0 Å². The Kier molecular flexibility index (Phi) is 6.83. The number of hydrogen-bond acceptors (Lipinski definition) is 4. The summed E-state index contributed by atoms with van der Waals surface area (Å²) in [5, 5.41) is 3.28. The fourth-order valence-corrected chi connectivity index (χ4v) is 1.92. The van der Waals surface area contributed by atoms with Crippen molar-refractivity contribution in [3.05, 3.63) is 29.8 Å². The lowest BCUT2D eigenvalue weighted by molar-refractivity contribution is -0.147. The van der Waals surface area contributed by atoms with Gasteiger partial charge in [-0.15, -0.1) is 11.8 Å². The number of carbonyl (C=O) groups excluding carboxylic acids is 1. The zero-order chi connectivity index (χ0) is 13.4. The van der Waals surface area contributed by atoms with Crippen molar-refractivity contribution in [1.29, 1.82) is 0 Å². The normalized spacial score (nSPS) is 12.2. The molecule has 1 rings (SSSR count). The Balaban J connectivity index is 2.26. The predicted molar refractivity (Wildman–Crippen MR) is 75.8 cm³/mol. The van der Waals surface area contributed by atoms with Crippen LogP contribution in [-0.2, 0) is 16.1 Å². The average Bonchev–Trinajstić information content (AvgIpc) is 2.39. The zero-order valence-electron chi connectivity index (χ0n) is 11.2. The van der Waals surface area contributed by atoms with Crippen LogP contribution in [0.4, 0.5) is 0 Å². The number of ether oxygens (including phenoxy) is 1. The monoisotopic (exact) mass is 267 g/mol. The molecule has 4 heteroatoms. The third-order valence-corrected chi connectivity index (χ3v) is 3.28. The number of esters is 1. The van der Waals surface area contributed by atoms with Crippen LogP contribution in [0.3, 0.4) is 0 Å². The van der Waals surface area contributed by atoms with Crippen molar-refractivity contribution in [2.24, 2.45) is 0 Å². The third kappa shape index (κ3) is 5.56. The SMILES string of the molecule is CCC(=O)OC(C)CNCc1ccc(SC)cc1. The Morgan fingerprint density at radius 1 is 1.39 bits per heavy atom. The van der Waals surface area contributed by atoms with Gasteiger partial charge in [-0.2, -0.15) is 0 Å². The van der Waals surface area contributed by atoms with E-state index in [0.717, 1.165) is 6.54 Å². The predicted octanol–water partition coefficient (Wildman–Crippen LogP) is 2.84. The summed E-state index contributed by atoms with van der Waals surface area (Å²) in [4.78, 5) is 12.3. The highest BCUT2D eigenvalue weighted by molar-refractivity contribution is 7.98. The molecule has 1 unspecified atom stereocenters. The molecule has 0 aliphatic carbocycles. The lowest BCUT2D eigenvalue weighted by Gasteiger charge is -2.13.